The molecular formula is C19H19F2NO3S. The van der Waals surface area contributed by atoms with Crippen LogP contribution in [0.1, 0.15) is 22.3 Å². The second-order valence-electron chi connectivity index (χ2n) is 6.69. The number of hydrogen-bond donors (Lipinski definition) is 0. The van der Waals surface area contributed by atoms with Crippen LogP contribution >= 0.6 is 0 Å². The Morgan fingerprint density at radius 2 is 1.85 bits per heavy atom. The summed E-state index contributed by atoms with van der Waals surface area (Å²) in [5.74, 6) is -1.34. The van der Waals surface area contributed by atoms with Crippen molar-refractivity contribution in [3.8, 4) is 0 Å². The van der Waals surface area contributed by atoms with Crippen LogP contribution in [0, 0.1) is 17.6 Å². The van der Waals surface area contributed by atoms with Crippen LogP contribution in [-0.2, 0) is 16.3 Å². The molecule has 7 heteroatoms. The molecule has 2 aromatic rings. The number of sulfone groups is 1. The summed E-state index contributed by atoms with van der Waals surface area (Å²) in [5, 5.41) is 0. The number of nitrogens with zero attached hydrogens (tertiary/aromatic N) is 1. The smallest absolute Gasteiger partial charge is 0.253 e. The van der Waals surface area contributed by atoms with Gasteiger partial charge in [0.15, 0.2) is 9.84 Å². The Bertz CT molecular complexity index is 923. The number of carbonyl (C=O) groups excluding carboxylic acids is 1. The molecule has 138 valence electrons. The zero-order chi connectivity index (χ0) is 18.9. The molecule has 3 rings (SSSR count). The van der Waals surface area contributed by atoms with E-state index < -0.39 is 21.5 Å². The average molecular weight is 379 g/mol. The lowest BCUT2D eigenvalue weighted by Crippen LogP contribution is -2.29. The molecule has 1 saturated heterocycles. The lowest BCUT2D eigenvalue weighted by atomic mass is 9.98. The summed E-state index contributed by atoms with van der Waals surface area (Å²) < 4.78 is 49.9. The van der Waals surface area contributed by atoms with Crippen LogP contribution in [0.2, 0.25) is 0 Å². The molecule has 0 N–H and O–H groups in total. The minimum atomic E-state index is -3.38. The highest BCUT2D eigenvalue weighted by Gasteiger charge is 2.27. The molecule has 1 amide bonds. The number of benzene rings is 2. The van der Waals surface area contributed by atoms with E-state index in [0.29, 0.717) is 30.6 Å². The van der Waals surface area contributed by atoms with E-state index in [4.69, 9.17) is 0 Å². The second-order valence-corrected chi connectivity index (χ2v) is 8.70. The lowest BCUT2D eigenvalue weighted by Gasteiger charge is -2.17. The minimum absolute atomic E-state index is 0.106. The fraction of sp³-hybridized carbons (Fsp3) is 0.316. The molecule has 26 heavy (non-hydrogen) atoms. The number of hydrogen-bond acceptors (Lipinski definition) is 3. The maximum Gasteiger partial charge on any atom is 0.253 e. The first kappa shape index (κ1) is 18.5. The van der Waals surface area contributed by atoms with Gasteiger partial charge in [-0.25, -0.2) is 17.2 Å². The molecule has 4 nitrogen and oxygen atoms in total. The number of halogens is 2. The zero-order valence-electron chi connectivity index (χ0n) is 14.3. The Labute approximate surface area is 151 Å². The van der Waals surface area contributed by atoms with Gasteiger partial charge in [0.05, 0.1) is 4.90 Å². The summed E-state index contributed by atoms with van der Waals surface area (Å²) in [5.41, 5.74) is 0.895. The first-order valence-electron chi connectivity index (χ1n) is 8.27. The van der Waals surface area contributed by atoms with Gasteiger partial charge in [0.25, 0.3) is 5.91 Å². The Morgan fingerprint density at radius 1 is 1.15 bits per heavy atom. The molecular weight excluding hydrogens is 360 g/mol. The number of amides is 1. The topological polar surface area (TPSA) is 54.5 Å². The van der Waals surface area contributed by atoms with Gasteiger partial charge in [-0.2, -0.15) is 0 Å². The fourth-order valence-corrected chi connectivity index (χ4v) is 3.96. The first-order valence-corrected chi connectivity index (χ1v) is 10.2. The summed E-state index contributed by atoms with van der Waals surface area (Å²) in [7, 11) is -3.38. The van der Waals surface area contributed by atoms with Gasteiger partial charge in [0, 0.05) is 31.0 Å². The highest BCUT2D eigenvalue weighted by Crippen LogP contribution is 2.24. The average Bonchev–Trinajstić information content (AvgIpc) is 3.01. The minimum Gasteiger partial charge on any atom is -0.338 e. The van der Waals surface area contributed by atoms with Crippen molar-refractivity contribution in [1.29, 1.82) is 0 Å². The third kappa shape index (κ3) is 4.27. The van der Waals surface area contributed by atoms with E-state index in [2.05, 4.69) is 0 Å². The summed E-state index contributed by atoms with van der Waals surface area (Å²) in [6.45, 7) is 1.00. The van der Waals surface area contributed by atoms with Crippen molar-refractivity contribution in [2.75, 3.05) is 19.3 Å². The maximum atomic E-state index is 13.3. The predicted molar refractivity (Wildman–Crippen MR) is 93.6 cm³/mol. The van der Waals surface area contributed by atoms with Gasteiger partial charge in [-0.3, -0.25) is 4.79 Å². The first-order chi connectivity index (χ1) is 12.2. The van der Waals surface area contributed by atoms with E-state index in [1.54, 1.807) is 17.0 Å². The summed E-state index contributed by atoms with van der Waals surface area (Å²) in [4.78, 5) is 14.4. The molecule has 0 aliphatic carbocycles. The highest BCUT2D eigenvalue weighted by atomic mass is 32.2. The molecule has 0 radical (unpaired) electrons. The van der Waals surface area contributed by atoms with Gasteiger partial charge >= 0.3 is 0 Å². The third-order valence-corrected chi connectivity index (χ3v) is 5.64. The van der Waals surface area contributed by atoms with Crippen LogP contribution in [0.3, 0.4) is 0 Å². The molecule has 0 spiro atoms. The molecule has 1 aliphatic heterocycles. The van der Waals surface area contributed by atoms with E-state index in [1.807, 2.05) is 0 Å². The Hall–Kier alpha value is -2.28. The van der Waals surface area contributed by atoms with Crippen LogP contribution in [0.5, 0.6) is 0 Å². The van der Waals surface area contributed by atoms with E-state index >= 15 is 0 Å². The van der Waals surface area contributed by atoms with Crippen LogP contribution in [0.25, 0.3) is 0 Å². The lowest BCUT2D eigenvalue weighted by molar-refractivity contribution is 0.0787. The van der Waals surface area contributed by atoms with Crippen LogP contribution in [0.4, 0.5) is 8.78 Å². The molecule has 0 bridgehead atoms. The van der Waals surface area contributed by atoms with Gasteiger partial charge in [-0.15, -0.1) is 0 Å². The SMILES string of the molecule is CS(=O)(=O)c1cccc(C(=O)N2CCC(Cc3cc(F)cc(F)c3)C2)c1. The molecule has 1 unspecified atom stereocenters. The number of rotatable bonds is 4. The highest BCUT2D eigenvalue weighted by molar-refractivity contribution is 7.90. The van der Waals surface area contributed by atoms with Crippen molar-refractivity contribution in [2.24, 2.45) is 5.92 Å². The normalized spacial score (nSPS) is 17.5. The molecule has 1 heterocycles. The molecule has 1 aliphatic rings. The van der Waals surface area contributed by atoms with Gasteiger partial charge in [-0.1, -0.05) is 6.07 Å². The molecule has 2 aromatic carbocycles. The van der Waals surface area contributed by atoms with Crippen molar-refractivity contribution in [3.63, 3.8) is 0 Å². The van der Waals surface area contributed by atoms with Crippen LogP contribution in [0.15, 0.2) is 47.4 Å². The quantitative estimate of drug-likeness (QED) is 0.820. The molecule has 0 aromatic heterocycles. The molecule has 1 fully saturated rings. The van der Waals surface area contributed by atoms with E-state index in [0.717, 1.165) is 18.7 Å². The number of carbonyl (C=O) groups is 1. The van der Waals surface area contributed by atoms with Crippen molar-refractivity contribution in [2.45, 2.75) is 17.7 Å². The number of likely N-dealkylation sites (tertiary alicyclic amines) is 1. The van der Waals surface area contributed by atoms with Gasteiger partial charge in [-0.05, 0) is 54.7 Å². The maximum absolute atomic E-state index is 13.3. The summed E-state index contributed by atoms with van der Waals surface area (Å²) >= 11 is 0. The zero-order valence-corrected chi connectivity index (χ0v) is 15.1. The second kappa shape index (κ2) is 7.15. The van der Waals surface area contributed by atoms with Crippen LogP contribution in [-0.4, -0.2) is 38.6 Å². The third-order valence-electron chi connectivity index (χ3n) is 4.53. The van der Waals surface area contributed by atoms with Gasteiger partial charge < -0.3 is 4.90 Å². The summed E-state index contributed by atoms with van der Waals surface area (Å²) in [6, 6.07) is 9.43. The van der Waals surface area contributed by atoms with Gasteiger partial charge in [0.2, 0.25) is 0 Å². The predicted octanol–water partition coefficient (Wildman–Crippen LogP) is 3.07. The Kier molecular flexibility index (Phi) is 5.09. The molecule has 0 saturated carbocycles. The summed E-state index contributed by atoms with van der Waals surface area (Å²) in [6.07, 6.45) is 2.32. The fourth-order valence-electron chi connectivity index (χ4n) is 3.29. The largest absolute Gasteiger partial charge is 0.338 e. The van der Waals surface area contributed by atoms with Crippen LogP contribution < -0.4 is 0 Å². The van der Waals surface area contributed by atoms with E-state index in [-0.39, 0.29) is 16.7 Å². The Balaban J connectivity index is 1.69. The Morgan fingerprint density at radius 3 is 2.50 bits per heavy atom. The van der Waals surface area contributed by atoms with Gasteiger partial charge in [0.1, 0.15) is 11.6 Å². The van der Waals surface area contributed by atoms with Crippen molar-refractivity contribution < 1.29 is 22.0 Å². The van der Waals surface area contributed by atoms with Crippen molar-refractivity contribution in [1.82, 2.24) is 4.90 Å². The van der Waals surface area contributed by atoms with E-state index in [9.17, 15) is 22.0 Å². The van der Waals surface area contributed by atoms with E-state index in [1.165, 1.54) is 24.3 Å². The standard InChI is InChI=1S/C19H19F2NO3S/c1-26(24,25)18-4-2-3-15(10-18)19(23)22-6-5-13(12-22)7-14-8-16(20)11-17(21)9-14/h2-4,8-11,13H,5-7,12H2,1H3. The molecule has 1 atom stereocenters. The van der Waals surface area contributed by atoms with Crippen molar-refractivity contribution >= 4 is 15.7 Å². The monoisotopic (exact) mass is 379 g/mol. The van der Waals surface area contributed by atoms with Crippen molar-refractivity contribution in [3.05, 3.63) is 65.2 Å².